The Morgan fingerprint density at radius 2 is 1.86 bits per heavy atom. The second kappa shape index (κ2) is 9.48. The number of piperidine rings is 1. The van der Waals surface area contributed by atoms with Crippen LogP contribution >= 0.6 is 11.6 Å². The third-order valence-corrected chi connectivity index (χ3v) is 8.23. The highest BCUT2D eigenvalue weighted by atomic mass is 35.5. The number of likely N-dealkylation sites (tertiary alicyclic amines) is 1. The fourth-order valence-electron chi connectivity index (χ4n) is 6.08. The van der Waals surface area contributed by atoms with Crippen molar-refractivity contribution >= 4 is 29.3 Å². The molecule has 1 saturated carbocycles. The largest absolute Gasteiger partial charge is 0.489 e. The molecule has 9 heteroatoms. The van der Waals surface area contributed by atoms with E-state index in [9.17, 15) is 14.4 Å². The first-order valence-corrected chi connectivity index (χ1v) is 13.1. The van der Waals surface area contributed by atoms with Crippen LogP contribution in [0.15, 0.2) is 36.7 Å². The van der Waals surface area contributed by atoms with E-state index >= 15 is 0 Å². The monoisotopic (exact) mass is 508 g/mol. The standard InChI is InChI=1S/C27H29ClN4O4/c28-19-9-16(11-29-12-19)18-13-31(14-18)22-3-1-2-4-24(22)36-20-5-6-21-17(10-20)15-32(27(21)35)23-7-8-25(33)30-26(23)34/h5-6,9-12,18,22-24H,1-4,7-8,13-15H2,(H,30,33,34)/t22-,23?,24-/m0/s1. The van der Waals surface area contributed by atoms with Gasteiger partial charge < -0.3 is 9.64 Å². The van der Waals surface area contributed by atoms with Gasteiger partial charge in [0, 0.05) is 56.0 Å². The van der Waals surface area contributed by atoms with E-state index in [1.165, 1.54) is 12.0 Å². The summed E-state index contributed by atoms with van der Waals surface area (Å²) in [5, 5.41) is 3.03. The summed E-state index contributed by atoms with van der Waals surface area (Å²) in [5.41, 5.74) is 2.66. The van der Waals surface area contributed by atoms with Crippen molar-refractivity contribution in [3.05, 3.63) is 58.4 Å². The van der Waals surface area contributed by atoms with Gasteiger partial charge in [0.1, 0.15) is 17.9 Å². The normalized spacial score (nSPS) is 27.0. The van der Waals surface area contributed by atoms with E-state index in [2.05, 4.69) is 15.2 Å². The molecule has 2 aromatic rings. The summed E-state index contributed by atoms with van der Waals surface area (Å²) in [4.78, 5) is 45.1. The van der Waals surface area contributed by atoms with E-state index in [4.69, 9.17) is 16.3 Å². The van der Waals surface area contributed by atoms with Crippen LogP contribution in [-0.2, 0) is 16.1 Å². The number of rotatable bonds is 5. The number of hydrogen-bond acceptors (Lipinski definition) is 6. The molecule has 4 aliphatic rings. The molecule has 0 bridgehead atoms. The first-order valence-electron chi connectivity index (χ1n) is 12.7. The van der Waals surface area contributed by atoms with E-state index in [1.807, 2.05) is 30.5 Å². The Morgan fingerprint density at radius 3 is 2.67 bits per heavy atom. The van der Waals surface area contributed by atoms with E-state index < -0.39 is 11.9 Å². The van der Waals surface area contributed by atoms with Gasteiger partial charge in [-0.2, -0.15) is 0 Å². The van der Waals surface area contributed by atoms with Crippen LogP contribution in [0.2, 0.25) is 5.02 Å². The molecule has 3 amide bonds. The zero-order valence-corrected chi connectivity index (χ0v) is 20.7. The van der Waals surface area contributed by atoms with E-state index in [0.717, 1.165) is 43.7 Å². The van der Waals surface area contributed by atoms with Crippen LogP contribution in [0, 0.1) is 0 Å². The van der Waals surface area contributed by atoms with Gasteiger partial charge in [-0.1, -0.05) is 18.0 Å². The Hall–Kier alpha value is -2.97. The Kier molecular flexibility index (Phi) is 6.17. The summed E-state index contributed by atoms with van der Waals surface area (Å²) in [6, 6.07) is 7.38. The molecule has 4 heterocycles. The quantitative estimate of drug-likeness (QED) is 0.623. The number of aromatic nitrogens is 1. The highest BCUT2D eigenvalue weighted by Crippen LogP contribution is 2.37. The molecule has 3 fully saturated rings. The van der Waals surface area contributed by atoms with Gasteiger partial charge in [0.25, 0.3) is 5.91 Å². The van der Waals surface area contributed by atoms with Gasteiger partial charge in [0.05, 0.1) is 5.02 Å². The summed E-state index contributed by atoms with van der Waals surface area (Å²) in [5.74, 6) is 0.373. The maximum absolute atomic E-state index is 13.0. The average molecular weight is 509 g/mol. The van der Waals surface area contributed by atoms with Crippen LogP contribution in [0.25, 0.3) is 0 Å². The lowest BCUT2D eigenvalue weighted by atomic mass is 9.85. The van der Waals surface area contributed by atoms with Crippen LogP contribution in [0.3, 0.4) is 0 Å². The highest BCUT2D eigenvalue weighted by Gasteiger charge is 2.41. The fourth-order valence-corrected chi connectivity index (χ4v) is 6.26. The maximum Gasteiger partial charge on any atom is 0.255 e. The van der Waals surface area contributed by atoms with Crippen molar-refractivity contribution in [2.45, 2.75) is 69.2 Å². The summed E-state index contributed by atoms with van der Waals surface area (Å²) < 4.78 is 6.53. The highest BCUT2D eigenvalue weighted by molar-refractivity contribution is 6.30. The molecule has 1 aromatic heterocycles. The molecule has 8 nitrogen and oxygen atoms in total. The third kappa shape index (κ3) is 4.37. The Balaban J connectivity index is 1.12. The van der Waals surface area contributed by atoms with Crippen LogP contribution in [0.4, 0.5) is 0 Å². The molecule has 1 aliphatic carbocycles. The van der Waals surface area contributed by atoms with Crippen molar-refractivity contribution < 1.29 is 19.1 Å². The lowest BCUT2D eigenvalue weighted by molar-refractivity contribution is -0.136. The molecule has 3 atom stereocenters. The van der Waals surface area contributed by atoms with Gasteiger partial charge in [-0.3, -0.25) is 29.6 Å². The number of benzene rings is 1. The number of amides is 3. The molecule has 6 rings (SSSR count). The Labute approximate surface area is 214 Å². The lowest BCUT2D eigenvalue weighted by Gasteiger charge is -2.48. The van der Waals surface area contributed by atoms with Gasteiger partial charge in [0.15, 0.2) is 0 Å². The smallest absolute Gasteiger partial charge is 0.255 e. The number of halogens is 1. The van der Waals surface area contributed by atoms with Crippen molar-refractivity contribution in [3.63, 3.8) is 0 Å². The first kappa shape index (κ1) is 23.4. The number of carbonyl (C=O) groups excluding carboxylic acids is 3. The Bertz CT molecular complexity index is 1210. The molecule has 2 saturated heterocycles. The molecular weight excluding hydrogens is 480 g/mol. The second-order valence-electron chi connectivity index (χ2n) is 10.3. The van der Waals surface area contributed by atoms with Crippen LogP contribution in [0.1, 0.15) is 65.9 Å². The lowest BCUT2D eigenvalue weighted by Crippen LogP contribution is -2.57. The zero-order chi connectivity index (χ0) is 24.8. The number of nitrogens with one attached hydrogen (secondary N) is 1. The molecule has 1 N–H and O–H groups in total. The zero-order valence-electron chi connectivity index (χ0n) is 20.0. The van der Waals surface area contributed by atoms with Crippen molar-refractivity contribution in [3.8, 4) is 5.75 Å². The molecule has 0 spiro atoms. The van der Waals surface area contributed by atoms with Gasteiger partial charge in [0.2, 0.25) is 11.8 Å². The molecular formula is C27H29ClN4O4. The predicted molar refractivity (Wildman–Crippen MR) is 133 cm³/mol. The number of hydrogen-bond donors (Lipinski definition) is 1. The minimum atomic E-state index is -0.608. The summed E-state index contributed by atoms with van der Waals surface area (Å²) in [7, 11) is 0. The van der Waals surface area contributed by atoms with Crippen LogP contribution in [-0.4, -0.2) is 63.8 Å². The molecule has 1 unspecified atom stereocenters. The van der Waals surface area contributed by atoms with E-state index in [-0.39, 0.29) is 24.3 Å². The van der Waals surface area contributed by atoms with Crippen molar-refractivity contribution in [1.29, 1.82) is 0 Å². The minimum absolute atomic E-state index is 0.0959. The van der Waals surface area contributed by atoms with Gasteiger partial charge in [-0.05, 0) is 61.1 Å². The summed E-state index contributed by atoms with van der Waals surface area (Å²) in [6.45, 7) is 2.31. The topological polar surface area (TPSA) is 91.8 Å². The molecule has 1 aromatic carbocycles. The molecule has 188 valence electrons. The molecule has 0 radical (unpaired) electrons. The molecule has 36 heavy (non-hydrogen) atoms. The predicted octanol–water partition coefficient (Wildman–Crippen LogP) is 3.29. The third-order valence-electron chi connectivity index (χ3n) is 8.03. The number of nitrogens with zero attached hydrogens (tertiary/aromatic N) is 3. The average Bonchev–Trinajstić information content (AvgIpc) is 3.15. The van der Waals surface area contributed by atoms with E-state index in [0.29, 0.717) is 35.5 Å². The Morgan fingerprint density at radius 1 is 1.03 bits per heavy atom. The van der Waals surface area contributed by atoms with Crippen molar-refractivity contribution in [2.24, 2.45) is 0 Å². The van der Waals surface area contributed by atoms with Gasteiger partial charge >= 0.3 is 0 Å². The fraction of sp³-hybridized carbons (Fsp3) is 0.481. The first-order chi connectivity index (χ1) is 17.5. The second-order valence-corrected chi connectivity index (χ2v) is 10.8. The van der Waals surface area contributed by atoms with Crippen molar-refractivity contribution in [2.75, 3.05) is 13.1 Å². The number of ether oxygens (including phenoxy) is 1. The van der Waals surface area contributed by atoms with Crippen LogP contribution < -0.4 is 10.1 Å². The van der Waals surface area contributed by atoms with Gasteiger partial charge in [-0.25, -0.2) is 0 Å². The molecule has 3 aliphatic heterocycles. The SMILES string of the molecule is O=C1CCC(N2Cc3cc(O[C@H]4CCCC[C@@H]4N4CC(c5cncc(Cl)c5)C4)ccc3C2=O)C(=O)N1. The summed E-state index contributed by atoms with van der Waals surface area (Å²) in [6.07, 6.45) is 8.74. The van der Waals surface area contributed by atoms with Crippen LogP contribution in [0.5, 0.6) is 5.75 Å². The van der Waals surface area contributed by atoms with E-state index in [1.54, 1.807) is 11.1 Å². The number of fused-ring (bicyclic) bond motifs is 1. The number of pyridine rings is 1. The summed E-state index contributed by atoms with van der Waals surface area (Å²) >= 11 is 6.13. The number of imide groups is 1. The van der Waals surface area contributed by atoms with Gasteiger partial charge in [-0.15, -0.1) is 0 Å². The maximum atomic E-state index is 13.0. The minimum Gasteiger partial charge on any atom is -0.489 e. The van der Waals surface area contributed by atoms with Crippen molar-refractivity contribution in [1.82, 2.24) is 20.1 Å². The number of carbonyl (C=O) groups is 3.